The average molecular weight is 291 g/mol. The topological polar surface area (TPSA) is 29.9 Å². The van der Waals surface area contributed by atoms with Crippen molar-refractivity contribution >= 4 is 40.5 Å². The summed E-state index contributed by atoms with van der Waals surface area (Å²) in [4.78, 5) is 4.20. The summed E-state index contributed by atoms with van der Waals surface area (Å²) in [7, 11) is 1.93. The number of rotatable bonds is 3. The van der Waals surface area contributed by atoms with Crippen LogP contribution in [0.25, 0.3) is 0 Å². The number of aromatic nitrogens is 2. The fourth-order valence-corrected chi connectivity index (χ4v) is 2.40. The quantitative estimate of drug-likeness (QED) is 0.926. The molecule has 2 rings (SSSR count). The number of nitrogens with one attached hydrogen (secondary N) is 1. The summed E-state index contributed by atoms with van der Waals surface area (Å²) < 4.78 is 1.92. The van der Waals surface area contributed by atoms with Gasteiger partial charge < -0.3 is 9.88 Å². The molecule has 90 valence electrons. The Morgan fingerprint density at radius 1 is 1.24 bits per heavy atom. The van der Waals surface area contributed by atoms with Crippen molar-refractivity contribution in [3.8, 4) is 0 Å². The Labute approximate surface area is 114 Å². The van der Waals surface area contributed by atoms with E-state index in [1.165, 1.54) is 0 Å². The summed E-state index contributed by atoms with van der Waals surface area (Å²) in [5.41, 5.74) is 0.667. The standard InChI is InChI=1S/C11H10Cl3N3/c1-17-3-2-15-10(17)6-16-11-8(13)4-7(12)5-9(11)14/h2-5,16H,6H2,1H3. The van der Waals surface area contributed by atoms with Crippen molar-refractivity contribution in [3.05, 3.63) is 45.4 Å². The van der Waals surface area contributed by atoms with E-state index >= 15 is 0 Å². The third kappa shape index (κ3) is 2.86. The van der Waals surface area contributed by atoms with Crippen LogP contribution in [0.1, 0.15) is 5.82 Å². The highest BCUT2D eigenvalue weighted by Crippen LogP contribution is 2.33. The molecule has 1 heterocycles. The van der Waals surface area contributed by atoms with E-state index < -0.39 is 0 Å². The molecule has 0 amide bonds. The maximum Gasteiger partial charge on any atom is 0.127 e. The number of imidazole rings is 1. The minimum Gasteiger partial charge on any atom is -0.375 e. The number of hydrogen-bond donors (Lipinski definition) is 1. The maximum absolute atomic E-state index is 6.06. The van der Waals surface area contributed by atoms with Crippen LogP contribution in [0.15, 0.2) is 24.5 Å². The van der Waals surface area contributed by atoms with Crippen molar-refractivity contribution in [2.45, 2.75) is 6.54 Å². The molecule has 0 spiro atoms. The van der Waals surface area contributed by atoms with E-state index in [4.69, 9.17) is 34.8 Å². The van der Waals surface area contributed by atoms with Crippen LogP contribution in [0.3, 0.4) is 0 Å². The molecule has 0 aliphatic rings. The zero-order valence-corrected chi connectivity index (χ0v) is 11.3. The van der Waals surface area contributed by atoms with Crippen LogP contribution >= 0.6 is 34.8 Å². The Hall–Kier alpha value is -0.900. The van der Waals surface area contributed by atoms with Gasteiger partial charge in [-0.05, 0) is 12.1 Å². The lowest BCUT2D eigenvalue weighted by molar-refractivity contribution is 0.813. The van der Waals surface area contributed by atoms with Crippen LogP contribution in [0, 0.1) is 0 Å². The number of aryl methyl sites for hydroxylation is 1. The molecule has 0 aliphatic carbocycles. The van der Waals surface area contributed by atoms with Crippen molar-refractivity contribution in [1.82, 2.24) is 9.55 Å². The lowest BCUT2D eigenvalue weighted by atomic mass is 10.3. The summed E-state index contributed by atoms with van der Waals surface area (Å²) in [5.74, 6) is 0.895. The van der Waals surface area contributed by atoms with Crippen LogP contribution in [0.4, 0.5) is 5.69 Å². The van der Waals surface area contributed by atoms with E-state index in [0.717, 1.165) is 5.82 Å². The van der Waals surface area contributed by atoms with Gasteiger partial charge in [0.05, 0.1) is 22.3 Å². The molecular formula is C11H10Cl3N3. The Bertz CT molecular complexity index is 514. The van der Waals surface area contributed by atoms with E-state index in [9.17, 15) is 0 Å². The number of halogens is 3. The van der Waals surface area contributed by atoms with Gasteiger partial charge in [0.2, 0.25) is 0 Å². The predicted molar refractivity (Wildman–Crippen MR) is 72.0 cm³/mol. The third-order valence-electron chi connectivity index (χ3n) is 2.35. The van der Waals surface area contributed by atoms with Crippen molar-refractivity contribution in [2.24, 2.45) is 7.05 Å². The molecule has 1 aromatic heterocycles. The maximum atomic E-state index is 6.06. The smallest absolute Gasteiger partial charge is 0.127 e. The Morgan fingerprint density at radius 3 is 2.41 bits per heavy atom. The lowest BCUT2D eigenvalue weighted by Crippen LogP contribution is -2.06. The van der Waals surface area contributed by atoms with E-state index in [-0.39, 0.29) is 0 Å². The third-order valence-corrected chi connectivity index (χ3v) is 3.17. The predicted octanol–water partition coefficient (Wildman–Crippen LogP) is 3.99. The summed E-state index contributed by atoms with van der Waals surface area (Å²) in [6.07, 6.45) is 3.62. The van der Waals surface area contributed by atoms with Crippen molar-refractivity contribution in [3.63, 3.8) is 0 Å². The largest absolute Gasteiger partial charge is 0.375 e. The fourth-order valence-electron chi connectivity index (χ4n) is 1.45. The van der Waals surface area contributed by atoms with Crippen LogP contribution < -0.4 is 5.32 Å². The highest BCUT2D eigenvalue weighted by atomic mass is 35.5. The Kier molecular flexibility index (Phi) is 3.82. The van der Waals surface area contributed by atoms with Gasteiger partial charge in [0, 0.05) is 24.5 Å². The molecule has 2 aromatic rings. The highest BCUT2D eigenvalue weighted by molar-refractivity contribution is 6.41. The number of nitrogens with zero attached hydrogens (tertiary/aromatic N) is 2. The van der Waals surface area contributed by atoms with Gasteiger partial charge in [-0.2, -0.15) is 0 Å². The Balaban J connectivity index is 2.17. The number of anilines is 1. The van der Waals surface area contributed by atoms with Gasteiger partial charge in [0.25, 0.3) is 0 Å². The molecule has 0 aliphatic heterocycles. The van der Waals surface area contributed by atoms with Gasteiger partial charge >= 0.3 is 0 Å². The average Bonchev–Trinajstić information content (AvgIpc) is 2.62. The van der Waals surface area contributed by atoms with Gasteiger partial charge in [-0.1, -0.05) is 34.8 Å². The fraction of sp³-hybridized carbons (Fsp3) is 0.182. The van der Waals surface area contributed by atoms with Crippen LogP contribution in [0.5, 0.6) is 0 Å². The minimum atomic E-state index is 0.497. The van der Waals surface area contributed by atoms with Gasteiger partial charge in [0.1, 0.15) is 5.82 Å². The van der Waals surface area contributed by atoms with Crippen molar-refractivity contribution in [1.29, 1.82) is 0 Å². The lowest BCUT2D eigenvalue weighted by Gasteiger charge is -2.10. The molecule has 0 saturated carbocycles. The summed E-state index contributed by atoms with van der Waals surface area (Å²) in [6, 6.07) is 3.30. The first-order valence-corrected chi connectivity index (χ1v) is 6.06. The molecule has 3 nitrogen and oxygen atoms in total. The van der Waals surface area contributed by atoms with Gasteiger partial charge in [-0.15, -0.1) is 0 Å². The second kappa shape index (κ2) is 5.17. The molecule has 1 aromatic carbocycles. The zero-order chi connectivity index (χ0) is 12.4. The SMILES string of the molecule is Cn1ccnc1CNc1c(Cl)cc(Cl)cc1Cl. The normalized spacial score (nSPS) is 10.6. The molecular weight excluding hydrogens is 281 g/mol. The first-order valence-electron chi connectivity index (χ1n) is 4.92. The second-order valence-corrected chi connectivity index (χ2v) is 4.80. The monoisotopic (exact) mass is 289 g/mol. The number of hydrogen-bond acceptors (Lipinski definition) is 2. The summed E-state index contributed by atoms with van der Waals surface area (Å²) >= 11 is 17.9. The zero-order valence-electron chi connectivity index (χ0n) is 9.04. The summed E-state index contributed by atoms with van der Waals surface area (Å²) in [5, 5.41) is 4.66. The van der Waals surface area contributed by atoms with Gasteiger partial charge in [-0.25, -0.2) is 4.98 Å². The van der Waals surface area contributed by atoms with Gasteiger partial charge in [0.15, 0.2) is 0 Å². The Morgan fingerprint density at radius 2 is 1.88 bits per heavy atom. The van der Waals surface area contributed by atoms with Crippen molar-refractivity contribution < 1.29 is 0 Å². The molecule has 0 saturated heterocycles. The molecule has 0 unspecified atom stereocenters. The van der Waals surface area contributed by atoms with E-state index in [1.807, 2.05) is 17.8 Å². The molecule has 6 heteroatoms. The van der Waals surface area contributed by atoms with Crippen LogP contribution in [0.2, 0.25) is 15.1 Å². The summed E-state index contributed by atoms with van der Waals surface area (Å²) in [6.45, 7) is 0.546. The van der Waals surface area contributed by atoms with Crippen molar-refractivity contribution in [2.75, 3.05) is 5.32 Å². The van der Waals surface area contributed by atoms with E-state index in [1.54, 1.807) is 18.3 Å². The molecule has 1 N–H and O–H groups in total. The second-order valence-electron chi connectivity index (χ2n) is 3.55. The molecule has 0 bridgehead atoms. The van der Waals surface area contributed by atoms with E-state index in [2.05, 4.69) is 10.3 Å². The first-order chi connectivity index (χ1) is 8.08. The number of benzene rings is 1. The minimum absolute atomic E-state index is 0.497. The van der Waals surface area contributed by atoms with Crippen LogP contribution in [-0.2, 0) is 13.6 Å². The van der Waals surface area contributed by atoms with E-state index in [0.29, 0.717) is 27.3 Å². The molecule has 0 fully saturated rings. The highest BCUT2D eigenvalue weighted by Gasteiger charge is 2.08. The first kappa shape index (κ1) is 12.6. The molecule has 0 radical (unpaired) electrons. The van der Waals surface area contributed by atoms with Gasteiger partial charge in [-0.3, -0.25) is 0 Å². The molecule has 0 atom stereocenters. The molecule has 17 heavy (non-hydrogen) atoms. The van der Waals surface area contributed by atoms with Crippen LogP contribution in [-0.4, -0.2) is 9.55 Å².